The number of nitrogens with zero attached hydrogens (tertiary/aromatic N) is 1. The fourth-order valence-corrected chi connectivity index (χ4v) is 9.82. The lowest BCUT2D eigenvalue weighted by Gasteiger charge is -2.46. The second kappa shape index (κ2) is 17.9. The highest BCUT2D eigenvalue weighted by Crippen LogP contribution is 2.59. The molecule has 1 saturated carbocycles. The number of ketones is 1. The van der Waals surface area contributed by atoms with E-state index in [4.69, 9.17) is 4.74 Å². The van der Waals surface area contributed by atoms with Gasteiger partial charge in [-0.05, 0) is 127 Å². The largest absolute Gasteiger partial charge is 0.497 e. The van der Waals surface area contributed by atoms with E-state index in [1.165, 1.54) is 5.57 Å². The summed E-state index contributed by atoms with van der Waals surface area (Å²) in [6.45, 7) is 4.65. The molecule has 2 bridgehead atoms. The van der Waals surface area contributed by atoms with Crippen molar-refractivity contribution in [3.63, 3.8) is 0 Å². The predicted octanol–water partition coefficient (Wildman–Crippen LogP) is 11.5. The molecule has 9 rings (SSSR count). The van der Waals surface area contributed by atoms with Crippen LogP contribution in [0.15, 0.2) is 151 Å². The molecular formula is C54H56N2O5. The third-order valence-electron chi connectivity index (χ3n) is 13.5. The van der Waals surface area contributed by atoms with Crippen LogP contribution in [0.4, 0.5) is 10.5 Å². The monoisotopic (exact) mass is 812 g/mol. The number of rotatable bonds is 9. The van der Waals surface area contributed by atoms with Crippen LogP contribution in [0, 0.1) is 5.41 Å². The van der Waals surface area contributed by atoms with Crippen LogP contribution in [-0.2, 0) is 13.0 Å². The van der Waals surface area contributed by atoms with Gasteiger partial charge in [0.25, 0.3) is 0 Å². The first-order valence-electron chi connectivity index (χ1n) is 21.6. The number of carbonyl (C=O) groups is 2. The number of amides is 2. The molecule has 3 N–H and O–H groups in total. The number of nitrogens with one attached hydrogen (secondary N) is 1. The van der Waals surface area contributed by atoms with Crippen molar-refractivity contribution in [1.29, 1.82) is 0 Å². The van der Waals surface area contributed by atoms with Crippen LogP contribution in [0.25, 0.3) is 21.9 Å². The lowest BCUT2D eigenvalue weighted by molar-refractivity contribution is -0.0773. The molecule has 1 fully saturated rings. The summed E-state index contributed by atoms with van der Waals surface area (Å²) in [7, 11) is 1.61. The zero-order valence-corrected chi connectivity index (χ0v) is 35.4. The van der Waals surface area contributed by atoms with Gasteiger partial charge in [0.15, 0.2) is 5.78 Å². The summed E-state index contributed by atoms with van der Waals surface area (Å²) < 4.78 is 5.36. The standard InChI is InChI=1S/C54H56N2O5/c1-37-11-10-31-53(2)50(48-29-19-38(33-45(57)26-18-37)34-49(48)51(58)42-22-20-40(21-23-42)39-12-5-4-6-13-39)30-32-54(53,60)36-56(52(59)55-44-24-27-46(61-3)28-25-44)35-43-16-9-15-41-14-7-8-17-47(41)43/h4-9,11-17,19-25,27-29,34,45,50,57,60H,10,18,26,30-33,35-36H2,1-3H3,(H,55,59). The number of aliphatic hydroxyl groups is 2. The van der Waals surface area contributed by atoms with Crippen LogP contribution < -0.4 is 10.1 Å². The Kier molecular flexibility index (Phi) is 12.2. The number of methoxy groups -OCH3 is 1. The maximum atomic E-state index is 14.8. The van der Waals surface area contributed by atoms with E-state index in [-0.39, 0.29) is 30.8 Å². The molecule has 6 aromatic rings. The molecule has 61 heavy (non-hydrogen) atoms. The molecule has 7 nitrogen and oxygen atoms in total. The van der Waals surface area contributed by atoms with E-state index < -0.39 is 17.1 Å². The van der Waals surface area contributed by atoms with Gasteiger partial charge in [0.05, 0.1) is 25.4 Å². The highest BCUT2D eigenvalue weighted by molar-refractivity contribution is 6.10. The molecule has 3 aliphatic carbocycles. The van der Waals surface area contributed by atoms with Gasteiger partial charge < -0.3 is 25.2 Å². The van der Waals surface area contributed by atoms with E-state index in [1.54, 1.807) is 12.0 Å². The Morgan fingerprint density at radius 2 is 1.54 bits per heavy atom. The van der Waals surface area contributed by atoms with Gasteiger partial charge in [-0.15, -0.1) is 0 Å². The maximum Gasteiger partial charge on any atom is 0.322 e. The van der Waals surface area contributed by atoms with Crippen LogP contribution in [0.3, 0.4) is 0 Å². The average molecular weight is 813 g/mol. The van der Waals surface area contributed by atoms with E-state index >= 15 is 0 Å². The SMILES string of the molecule is COc1ccc(NC(=O)N(Cc2cccc3ccccc23)CC2(O)CCC3c4ccc(cc4C(=O)c4ccc(-c5ccccc5)cc4)CC(O)CCC(C)=CCCC32C)cc1. The summed E-state index contributed by atoms with van der Waals surface area (Å²) in [6.07, 6.45) is 5.94. The van der Waals surface area contributed by atoms with Gasteiger partial charge >= 0.3 is 6.03 Å². The first kappa shape index (κ1) is 41.7. The average Bonchev–Trinajstić information content (AvgIpc) is 3.54. The molecule has 4 unspecified atom stereocenters. The lowest BCUT2D eigenvalue weighted by Crippen LogP contribution is -2.54. The van der Waals surface area contributed by atoms with Crippen molar-refractivity contribution >= 4 is 28.3 Å². The molecule has 312 valence electrons. The summed E-state index contributed by atoms with van der Waals surface area (Å²) in [5.41, 5.74) is 5.87. The number of urea groups is 1. The van der Waals surface area contributed by atoms with E-state index in [2.05, 4.69) is 73.8 Å². The number of hydrogen-bond acceptors (Lipinski definition) is 5. The molecule has 4 atom stereocenters. The number of benzene rings is 6. The van der Waals surface area contributed by atoms with Gasteiger partial charge in [-0.3, -0.25) is 4.79 Å². The molecule has 0 saturated heterocycles. The van der Waals surface area contributed by atoms with Crippen molar-refractivity contribution < 1.29 is 24.5 Å². The zero-order chi connectivity index (χ0) is 42.6. The second-order valence-corrected chi connectivity index (χ2v) is 17.4. The number of carbonyl (C=O) groups excluding carboxylic acids is 2. The Bertz CT molecular complexity index is 2530. The quantitative estimate of drug-likeness (QED) is 0.0997. The summed E-state index contributed by atoms with van der Waals surface area (Å²) in [4.78, 5) is 31.1. The zero-order valence-electron chi connectivity index (χ0n) is 35.4. The van der Waals surface area contributed by atoms with Crippen LogP contribution >= 0.6 is 0 Å². The minimum absolute atomic E-state index is 0.0805. The molecule has 6 aromatic carbocycles. The van der Waals surface area contributed by atoms with E-state index in [9.17, 15) is 19.8 Å². The van der Waals surface area contributed by atoms with Gasteiger partial charge in [0, 0.05) is 28.8 Å². The summed E-state index contributed by atoms with van der Waals surface area (Å²) in [5, 5.41) is 29.7. The molecule has 0 aromatic heterocycles. The van der Waals surface area contributed by atoms with E-state index in [1.807, 2.05) is 91.0 Å². The Morgan fingerprint density at radius 3 is 2.31 bits per heavy atom. The molecule has 0 aliphatic heterocycles. The third-order valence-corrected chi connectivity index (χ3v) is 13.5. The summed E-state index contributed by atoms with van der Waals surface area (Å²) in [5.74, 6) is 0.414. The van der Waals surface area contributed by atoms with E-state index in [0.717, 1.165) is 45.0 Å². The highest BCUT2D eigenvalue weighted by Gasteiger charge is 2.57. The van der Waals surface area contributed by atoms with Gasteiger partial charge in [0.1, 0.15) is 5.75 Å². The minimum atomic E-state index is -1.31. The van der Waals surface area contributed by atoms with E-state index in [0.29, 0.717) is 61.1 Å². The van der Waals surface area contributed by atoms with Crippen molar-refractivity contribution in [3.8, 4) is 16.9 Å². The van der Waals surface area contributed by atoms with Crippen LogP contribution in [0.5, 0.6) is 5.75 Å². The summed E-state index contributed by atoms with van der Waals surface area (Å²) >= 11 is 0. The third kappa shape index (κ3) is 8.90. The number of fused-ring (bicyclic) bond motifs is 9. The Hall–Kier alpha value is -6.02. The Balaban J connectivity index is 1.19. The maximum absolute atomic E-state index is 14.8. The summed E-state index contributed by atoms with van der Waals surface area (Å²) in [6, 6.07) is 45.3. The number of anilines is 1. The molecule has 0 radical (unpaired) electrons. The van der Waals surface area contributed by atoms with Gasteiger partial charge in [-0.2, -0.15) is 0 Å². The number of hydrogen-bond donors (Lipinski definition) is 3. The van der Waals surface area contributed by atoms with Gasteiger partial charge in [0.2, 0.25) is 0 Å². The Morgan fingerprint density at radius 1 is 0.820 bits per heavy atom. The van der Waals surface area contributed by atoms with Crippen molar-refractivity contribution in [1.82, 2.24) is 4.90 Å². The molecular weight excluding hydrogens is 757 g/mol. The first-order valence-corrected chi connectivity index (χ1v) is 21.6. The van der Waals surface area contributed by atoms with Crippen molar-refractivity contribution in [2.75, 3.05) is 19.0 Å². The molecule has 2 amide bonds. The molecule has 0 heterocycles. The van der Waals surface area contributed by atoms with Crippen LogP contribution in [0.1, 0.15) is 90.9 Å². The lowest BCUT2D eigenvalue weighted by atomic mass is 9.64. The van der Waals surface area contributed by atoms with Crippen molar-refractivity contribution in [3.05, 3.63) is 179 Å². The second-order valence-electron chi connectivity index (χ2n) is 17.4. The number of allylic oxidation sites excluding steroid dienone is 2. The van der Waals surface area contributed by atoms with Crippen LogP contribution in [0.2, 0.25) is 0 Å². The normalized spacial score (nSPS) is 21.6. The first-order chi connectivity index (χ1) is 29.5. The predicted molar refractivity (Wildman–Crippen MR) is 245 cm³/mol. The number of ether oxygens (including phenoxy) is 1. The minimum Gasteiger partial charge on any atom is -0.497 e. The fraction of sp³-hybridized carbons (Fsp3) is 0.296. The highest BCUT2D eigenvalue weighted by atomic mass is 16.5. The molecule has 0 spiro atoms. The fourth-order valence-electron chi connectivity index (χ4n) is 9.82. The topological polar surface area (TPSA) is 99.1 Å². The van der Waals surface area contributed by atoms with Gasteiger partial charge in [-0.1, -0.05) is 128 Å². The van der Waals surface area contributed by atoms with Crippen molar-refractivity contribution in [2.24, 2.45) is 5.41 Å². The van der Waals surface area contributed by atoms with Crippen molar-refractivity contribution in [2.45, 2.75) is 83.0 Å². The Labute approximate surface area is 359 Å². The molecule has 3 aliphatic rings. The molecule has 7 heteroatoms. The smallest absolute Gasteiger partial charge is 0.322 e. The van der Waals surface area contributed by atoms with Crippen LogP contribution in [-0.4, -0.2) is 52.3 Å². The number of aliphatic hydroxyl groups excluding tert-OH is 1. The van der Waals surface area contributed by atoms with Gasteiger partial charge in [-0.25, -0.2) is 4.79 Å².